The summed E-state index contributed by atoms with van der Waals surface area (Å²) in [6.45, 7) is 5.42. The van der Waals surface area contributed by atoms with Crippen molar-refractivity contribution in [1.82, 2.24) is 5.32 Å². The van der Waals surface area contributed by atoms with Gasteiger partial charge in [-0.15, -0.1) is 0 Å². The minimum atomic E-state index is -0.873. The second-order valence-electron chi connectivity index (χ2n) is 3.31. The minimum Gasteiger partial charge on any atom is -0.463 e. The molecule has 1 N–H and O–H groups in total. The molecule has 0 spiro atoms. The van der Waals surface area contributed by atoms with Gasteiger partial charge in [-0.2, -0.15) is 0 Å². The summed E-state index contributed by atoms with van der Waals surface area (Å²) in [6, 6.07) is 0. The lowest BCUT2D eigenvalue weighted by Gasteiger charge is -2.05. The fourth-order valence-corrected chi connectivity index (χ4v) is 1.22. The Morgan fingerprint density at radius 1 is 1.47 bits per heavy atom. The number of carbonyl (C=O) groups is 3. The van der Waals surface area contributed by atoms with Crippen molar-refractivity contribution in [3.8, 4) is 0 Å². The third-order valence-corrected chi connectivity index (χ3v) is 1.92. The average molecular weight is 239 g/mol. The van der Waals surface area contributed by atoms with E-state index >= 15 is 0 Å². The molecular formula is C11H13NO5. The molecule has 0 bridgehead atoms. The van der Waals surface area contributed by atoms with Crippen LogP contribution in [0.15, 0.2) is 24.4 Å². The van der Waals surface area contributed by atoms with Gasteiger partial charge < -0.3 is 14.8 Å². The highest BCUT2D eigenvalue weighted by Gasteiger charge is 2.29. The van der Waals surface area contributed by atoms with Crippen LogP contribution in [-0.2, 0) is 23.9 Å². The Bertz CT molecular complexity index is 385. The van der Waals surface area contributed by atoms with Crippen molar-refractivity contribution in [3.63, 3.8) is 0 Å². The second kappa shape index (κ2) is 5.83. The third-order valence-electron chi connectivity index (χ3n) is 1.92. The lowest BCUT2D eigenvalue weighted by molar-refractivity contribution is -0.149. The molecule has 1 amide bonds. The van der Waals surface area contributed by atoms with Gasteiger partial charge in [0.05, 0.1) is 6.61 Å². The molecule has 1 atom stereocenters. The van der Waals surface area contributed by atoms with E-state index in [-0.39, 0.29) is 13.0 Å². The number of hydrogen-bond acceptors (Lipinski definition) is 5. The molecule has 1 unspecified atom stereocenters. The highest BCUT2D eigenvalue weighted by Crippen LogP contribution is 2.13. The molecule has 1 fully saturated rings. The van der Waals surface area contributed by atoms with Crippen LogP contribution in [0.25, 0.3) is 0 Å². The van der Waals surface area contributed by atoms with Crippen molar-refractivity contribution >= 4 is 17.8 Å². The largest absolute Gasteiger partial charge is 0.463 e. The van der Waals surface area contributed by atoms with Crippen molar-refractivity contribution in [2.75, 3.05) is 6.61 Å². The van der Waals surface area contributed by atoms with E-state index in [0.717, 1.165) is 12.2 Å². The smallest absolute Gasteiger partial charge is 0.331 e. The van der Waals surface area contributed by atoms with Crippen LogP contribution in [0.2, 0.25) is 0 Å². The Kier molecular flexibility index (Phi) is 4.45. The molecule has 6 nitrogen and oxygen atoms in total. The number of rotatable bonds is 4. The summed E-state index contributed by atoms with van der Waals surface area (Å²) in [5.74, 6) is -1.81. The van der Waals surface area contributed by atoms with Crippen LogP contribution in [-0.4, -0.2) is 30.6 Å². The summed E-state index contributed by atoms with van der Waals surface area (Å²) in [7, 11) is 0. The van der Waals surface area contributed by atoms with Crippen LogP contribution in [0.5, 0.6) is 0 Å². The highest BCUT2D eigenvalue weighted by molar-refractivity contribution is 5.94. The van der Waals surface area contributed by atoms with Crippen LogP contribution in [0, 0.1) is 0 Å². The summed E-state index contributed by atoms with van der Waals surface area (Å²) in [5, 5.41) is 2.43. The van der Waals surface area contributed by atoms with E-state index in [4.69, 9.17) is 4.74 Å². The Morgan fingerprint density at radius 2 is 2.12 bits per heavy atom. The second-order valence-corrected chi connectivity index (χ2v) is 3.31. The first-order valence-electron chi connectivity index (χ1n) is 5.07. The van der Waals surface area contributed by atoms with E-state index in [1.807, 2.05) is 0 Å². The quantitative estimate of drug-likeness (QED) is 0.553. The normalized spacial score (nSPS) is 19.2. The van der Waals surface area contributed by atoms with Crippen LogP contribution >= 0.6 is 0 Å². The molecule has 1 aliphatic heterocycles. The maximum atomic E-state index is 11.2. The zero-order valence-electron chi connectivity index (χ0n) is 9.39. The van der Waals surface area contributed by atoms with Crippen molar-refractivity contribution < 1.29 is 23.9 Å². The Balaban J connectivity index is 2.42. The lowest BCUT2D eigenvalue weighted by atomic mass is 10.3. The van der Waals surface area contributed by atoms with Gasteiger partial charge in [-0.3, -0.25) is 4.79 Å². The maximum Gasteiger partial charge on any atom is 0.331 e. The number of carbonyl (C=O) groups excluding carboxylic acids is 3. The maximum absolute atomic E-state index is 11.2. The van der Waals surface area contributed by atoms with Gasteiger partial charge in [0.15, 0.2) is 6.10 Å². The molecule has 0 aliphatic carbocycles. The molecule has 0 aromatic rings. The fraction of sp³-hybridized carbons (Fsp3) is 0.364. The van der Waals surface area contributed by atoms with Crippen molar-refractivity contribution in [2.45, 2.75) is 19.4 Å². The molecule has 1 saturated heterocycles. The van der Waals surface area contributed by atoms with E-state index in [9.17, 15) is 14.4 Å². The van der Waals surface area contributed by atoms with Gasteiger partial charge in [0, 0.05) is 24.3 Å². The highest BCUT2D eigenvalue weighted by atomic mass is 16.5. The molecule has 1 aliphatic rings. The van der Waals surface area contributed by atoms with E-state index < -0.39 is 23.9 Å². The molecule has 92 valence electrons. The summed E-state index contributed by atoms with van der Waals surface area (Å²) < 4.78 is 9.39. The number of ether oxygens (including phenoxy) is 2. The lowest BCUT2D eigenvalue weighted by Crippen LogP contribution is -2.26. The van der Waals surface area contributed by atoms with Gasteiger partial charge in [-0.05, 0) is 6.92 Å². The van der Waals surface area contributed by atoms with Crippen LogP contribution in [0.3, 0.4) is 0 Å². The summed E-state index contributed by atoms with van der Waals surface area (Å²) >= 11 is 0. The molecule has 17 heavy (non-hydrogen) atoms. The molecule has 6 heteroatoms. The first kappa shape index (κ1) is 13.0. The van der Waals surface area contributed by atoms with E-state index in [0.29, 0.717) is 5.70 Å². The van der Waals surface area contributed by atoms with Crippen molar-refractivity contribution in [3.05, 3.63) is 24.4 Å². The summed E-state index contributed by atoms with van der Waals surface area (Å²) in [4.78, 5) is 33.3. The first-order chi connectivity index (χ1) is 8.02. The minimum absolute atomic E-state index is 0.225. The van der Waals surface area contributed by atoms with E-state index in [2.05, 4.69) is 16.6 Å². The van der Waals surface area contributed by atoms with Crippen LogP contribution in [0.1, 0.15) is 13.3 Å². The fourth-order valence-electron chi connectivity index (χ4n) is 1.22. The molecule has 0 radical (unpaired) electrons. The van der Waals surface area contributed by atoms with E-state index in [1.54, 1.807) is 6.92 Å². The summed E-state index contributed by atoms with van der Waals surface area (Å²) in [6.07, 6.45) is 1.25. The molecule has 0 saturated carbocycles. The topological polar surface area (TPSA) is 81.7 Å². The average Bonchev–Trinajstić information content (AvgIpc) is 2.55. The van der Waals surface area contributed by atoms with Gasteiger partial charge >= 0.3 is 11.9 Å². The zero-order chi connectivity index (χ0) is 12.8. The van der Waals surface area contributed by atoms with Crippen LogP contribution in [0.4, 0.5) is 0 Å². The van der Waals surface area contributed by atoms with Gasteiger partial charge in [-0.25, -0.2) is 9.59 Å². The number of nitrogens with one attached hydrogen (secondary N) is 1. The van der Waals surface area contributed by atoms with Gasteiger partial charge in [0.2, 0.25) is 0 Å². The standard InChI is InChI=1S/C11H13NO5/c1-3-16-9(13)4-5-10(14)17-8-6-7(2)12-11(8)15/h4-5,8H,2-3,6H2,1H3,(H,12,15)/b5-4+. The number of amides is 1. The van der Waals surface area contributed by atoms with Crippen molar-refractivity contribution in [2.24, 2.45) is 0 Å². The Hall–Kier alpha value is -2.11. The summed E-state index contributed by atoms with van der Waals surface area (Å²) in [5.41, 5.74) is 0.502. The zero-order valence-corrected chi connectivity index (χ0v) is 9.39. The Morgan fingerprint density at radius 3 is 2.65 bits per heavy atom. The monoisotopic (exact) mass is 239 g/mol. The van der Waals surface area contributed by atoms with Crippen LogP contribution < -0.4 is 5.32 Å². The first-order valence-corrected chi connectivity index (χ1v) is 5.07. The van der Waals surface area contributed by atoms with Gasteiger partial charge in [-0.1, -0.05) is 6.58 Å². The molecule has 1 heterocycles. The molecule has 0 aromatic carbocycles. The van der Waals surface area contributed by atoms with Gasteiger partial charge in [0.1, 0.15) is 0 Å². The van der Waals surface area contributed by atoms with Gasteiger partial charge in [0.25, 0.3) is 5.91 Å². The Labute approximate surface area is 98.3 Å². The predicted octanol–water partition coefficient (Wildman–Crippen LogP) is 0.0511. The van der Waals surface area contributed by atoms with Crippen molar-refractivity contribution in [1.29, 1.82) is 0 Å². The molecular weight excluding hydrogens is 226 g/mol. The molecule has 0 aromatic heterocycles. The third kappa shape index (κ3) is 4.10. The molecule has 1 rings (SSSR count). The van der Waals surface area contributed by atoms with E-state index in [1.165, 1.54) is 0 Å². The number of hydrogen-bond donors (Lipinski definition) is 1. The number of esters is 2. The SMILES string of the molecule is C=C1CC(OC(=O)/C=C/C(=O)OCC)C(=O)N1. The predicted molar refractivity (Wildman–Crippen MR) is 57.6 cm³/mol.